The molecule has 1 aromatic heterocycles. The number of carbonyl (C=O) groups excluding carboxylic acids is 1. The molecular weight excluding hydrogens is 232 g/mol. The van der Waals surface area contributed by atoms with Gasteiger partial charge in [-0.25, -0.2) is 4.98 Å². The Kier molecular flexibility index (Phi) is 3.52. The van der Waals surface area contributed by atoms with E-state index in [2.05, 4.69) is 14.7 Å². The van der Waals surface area contributed by atoms with Crippen molar-refractivity contribution in [2.75, 3.05) is 7.11 Å². The summed E-state index contributed by atoms with van der Waals surface area (Å²) in [6.45, 7) is 0. The second-order valence-electron chi connectivity index (χ2n) is 3.70. The third-order valence-corrected chi connectivity index (χ3v) is 2.40. The van der Waals surface area contributed by atoms with Gasteiger partial charge in [-0.2, -0.15) is 0 Å². The highest BCUT2D eigenvalue weighted by Crippen LogP contribution is 2.19. The molecule has 0 bridgehead atoms. The molecule has 2 aromatic rings. The molecule has 1 N–H and O–H groups in total. The van der Waals surface area contributed by atoms with Crippen molar-refractivity contribution in [3.8, 4) is 17.0 Å². The van der Waals surface area contributed by atoms with E-state index >= 15 is 0 Å². The average molecular weight is 244 g/mol. The van der Waals surface area contributed by atoms with E-state index in [1.807, 2.05) is 0 Å². The maximum absolute atomic E-state index is 11.2. The normalized spacial score (nSPS) is 10.1. The molecule has 0 aliphatic heterocycles. The van der Waals surface area contributed by atoms with Gasteiger partial charge in [0, 0.05) is 11.8 Å². The third kappa shape index (κ3) is 2.82. The van der Waals surface area contributed by atoms with E-state index in [0.717, 1.165) is 5.56 Å². The Labute approximate surface area is 104 Å². The van der Waals surface area contributed by atoms with Crippen LogP contribution >= 0.6 is 0 Å². The van der Waals surface area contributed by atoms with E-state index in [4.69, 9.17) is 0 Å². The summed E-state index contributed by atoms with van der Waals surface area (Å²) in [5, 5.41) is 9.21. The van der Waals surface area contributed by atoms with Crippen LogP contribution in [0, 0.1) is 0 Å². The molecule has 18 heavy (non-hydrogen) atoms. The van der Waals surface area contributed by atoms with Crippen LogP contribution in [0.15, 0.2) is 36.7 Å². The summed E-state index contributed by atoms with van der Waals surface area (Å²) in [5.74, 6) is -0.162. The van der Waals surface area contributed by atoms with Crippen LogP contribution in [0.25, 0.3) is 11.3 Å². The zero-order chi connectivity index (χ0) is 13.0. The second-order valence-corrected chi connectivity index (χ2v) is 3.70. The molecule has 0 aliphatic carbocycles. The van der Waals surface area contributed by atoms with Gasteiger partial charge in [0.2, 0.25) is 0 Å². The molecule has 0 atom stereocenters. The van der Waals surface area contributed by atoms with E-state index < -0.39 is 0 Å². The first-order valence-electron chi connectivity index (χ1n) is 5.36. The van der Waals surface area contributed by atoms with Crippen molar-refractivity contribution >= 4 is 5.97 Å². The summed E-state index contributed by atoms with van der Waals surface area (Å²) in [6.07, 6.45) is 3.23. The fourth-order valence-electron chi connectivity index (χ4n) is 1.48. The standard InChI is InChI=1S/C13H12N2O3/c1-18-13(17)6-10-7-14-8-12(15-10)9-2-4-11(16)5-3-9/h2-5,7-8,16H,6H2,1H3. The van der Waals surface area contributed by atoms with Crippen molar-refractivity contribution in [2.24, 2.45) is 0 Å². The van der Waals surface area contributed by atoms with Gasteiger partial charge in [-0.1, -0.05) is 0 Å². The zero-order valence-corrected chi connectivity index (χ0v) is 9.83. The zero-order valence-electron chi connectivity index (χ0n) is 9.83. The van der Waals surface area contributed by atoms with Gasteiger partial charge in [-0.05, 0) is 24.3 Å². The predicted molar refractivity (Wildman–Crippen MR) is 64.9 cm³/mol. The number of aromatic hydroxyl groups is 1. The fraction of sp³-hybridized carbons (Fsp3) is 0.154. The molecule has 5 heteroatoms. The number of carbonyl (C=O) groups is 1. The summed E-state index contributed by atoms with van der Waals surface area (Å²) in [7, 11) is 1.33. The molecular formula is C13H12N2O3. The van der Waals surface area contributed by atoms with Crippen LogP contribution in [-0.2, 0) is 16.0 Å². The summed E-state index contributed by atoms with van der Waals surface area (Å²) in [4.78, 5) is 19.5. The molecule has 92 valence electrons. The quantitative estimate of drug-likeness (QED) is 0.829. The number of esters is 1. The van der Waals surface area contributed by atoms with E-state index in [1.54, 1.807) is 30.5 Å². The number of ether oxygens (including phenoxy) is 1. The SMILES string of the molecule is COC(=O)Cc1cncc(-c2ccc(O)cc2)n1. The van der Waals surface area contributed by atoms with Gasteiger partial charge in [0.15, 0.2) is 0 Å². The molecule has 0 unspecified atom stereocenters. The Morgan fingerprint density at radius 3 is 2.67 bits per heavy atom. The molecule has 0 fully saturated rings. The third-order valence-electron chi connectivity index (χ3n) is 2.40. The minimum absolute atomic E-state index is 0.0927. The Morgan fingerprint density at radius 2 is 2.00 bits per heavy atom. The molecule has 0 saturated carbocycles. The maximum Gasteiger partial charge on any atom is 0.311 e. The summed E-state index contributed by atoms with van der Waals surface area (Å²) in [6, 6.07) is 6.62. The van der Waals surface area contributed by atoms with Crippen LogP contribution in [0.2, 0.25) is 0 Å². The highest BCUT2D eigenvalue weighted by Gasteiger charge is 2.07. The van der Waals surface area contributed by atoms with Gasteiger partial charge in [0.05, 0.1) is 31.1 Å². The van der Waals surface area contributed by atoms with Crippen molar-refractivity contribution in [2.45, 2.75) is 6.42 Å². The Bertz CT molecular complexity index is 552. The average Bonchev–Trinajstić information content (AvgIpc) is 2.40. The molecule has 0 amide bonds. The number of nitrogens with zero attached hydrogens (tertiary/aromatic N) is 2. The Balaban J connectivity index is 2.26. The van der Waals surface area contributed by atoms with Crippen molar-refractivity contribution in [3.63, 3.8) is 0 Å². The fourth-order valence-corrected chi connectivity index (χ4v) is 1.48. The lowest BCUT2D eigenvalue weighted by Gasteiger charge is -2.03. The van der Waals surface area contributed by atoms with Gasteiger partial charge < -0.3 is 9.84 Å². The van der Waals surface area contributed by atoms with Crippen LogP contribution in [0.5, 0.6) is 5.75 Å². The van der Waals surface area contributed by atoms with Gasteiger partial charge in [-0.15, -0.1) is 0 Å². The molecule has 2 rings (SSSR count). The second kappa shape index (κ2) is 5.27. The summed E-state index contributed by atoms with van der Waals surface area (Å²) < 4.78 is 4.58. The number of methoxy groups -OCH3 is 1. The molecule has 0 saturated heterocycles. The molecule has 1 aromatic carbocycles. The van der Waals surface area contributed by atoms with Gasteiger partial charge in [-0.3, -0.25) is 9.78 Å². The molecule has 1 heterocycles. The van der Waals surface area contributed by atoms with E-state index in [9.17, 15) is 9.90 Å². The molecule has 0 spiro atoms. The number of benzene rings is 1. The van der Waals surface area contributed by atoms with Crippen molar-refractivity contribution in [1.82, 2.24) is 9.97 Å². The van der Waals surface area contributed by atoms with Crippen LogP contribution in [0.4, 0.5) is 0 Å². The number of rotatable bonds is 3. The predicted octanol–water partition coefficient (Wildman–Crippen LogP) is 1.56. The lowest BCUT2D eigenvalue weighted by Crippen LogP contribution is -2.06. The number of hydrogen-bond donors (Lipinski definition) is 1. The lowest BCUT2D eigenvalue weighted by atomic mass is 10.1. The van der Waals surface area contributed by atoms with Gasteiger partial charge in [0.25, 0.3) is 0 Å². The van der Waals surface area contributed by atoms with Crippen LogP contribution in [0.3, 0.4) is 0 Å². The van der Waals surface area contributed by atoms with Crippen molar-refractivity contribution < 1.29 is 14.6 Å². The number of aromatic nitrogens is 2. The highest BCUT2D eigenvalue weighted by atomic mass is 16.5. The number of phenolic OH excluding ortho intramolecular Hbond substituents is 1. The Hall–Kier alpha value is -2.43. The van der Waals surface area contributed by atoms with Gasteiger partial charge in [0.1, 0.15) is 5.75 Å². The summed E-state index contributed by atoms with van der Waals surface area (Å²) in [5.41, 5.74) is 2.02. The molecule has 0 radical (unpaired) electrons. The first-order chi connectivity index (χ1) is 8.69. The van der Waals surface area contributed by atoms with Crippen molar-refractivity contribution in [3.05, 3.63) is 42.4 Å². The van der Waals surface area contributed by atoms with E-state index in [-0.39, 0.29) is 18.1 Å². The van der Waals surface area contributed by atoms with Crippen molar-refractivity contribution in [1.29, 1.82) is 0 Å². The van der Waals surface area contributed by atoms with E-state index in [0.29, 0.717) is 11.4 Å². The summed E-state index contributed by atoms with van der Waals surface area (Å²) >= 11 is 0. The largest absolute Gasteiger partial charge is 0.508 e. The van der Waals surface area contributed by atoms with E-state index in [1.165, 1.54) is 13.3 Å². The van der Waals surface area contributed by atoms with Gasteiger partial charge >= 0.3 is 5.97 Å². The Morgan fingerprint density at radius 1 is 1.28 bits per heavy atom. The first kappa shape index (κ1) is 12.0. The highest BCUT2D eigenvalue weighted by molar-refractivity contribution is 5.72. The first-order valence-corrected chi connectivity index (χ1v) is 5.36. The minimum Gasteiger partial charge on any atom is -0.508 e. The molecule has 5 nitrogen and oxygen atoms in total. The number of hydrogen-bond acceptors (Lipinski definition) is 5. The maximum atomic E-state index is 11.2. The minimum atomic E-state index is -0.354. The topological polar surface area (TPSA) is 72.3 Å². The smallest absolute Gasteiger partial charge is 0.311 e. The van der Waals surface area contributed by atoms with Crippen LogP contribution in [0.1, 0.15) is 5.69 Å². The number of phenols is 1. The molecule has 0 aliphatic rings. The lowest BCUT2D eigenvalue weighted by molar-refractivity contribution is -0.139. The van der Waals surface area contributed by atoms with Crippen LogP contribution in [-0.4, -0.2) is 28.2 Å². The monoisotopic (exact) mass is 244 g/mol. The van der Waals surface area contributed by atoms with Crippen LogP contribution < -0.4 is 0 Å².